The number of hydrogen-bond donors (Lipinski definition) is 1. The zero-order valence-corrected chi connectivity index (χ0v) is 21.1. The first-order valence-electron chi connectivity index (χ1n) is 11.7. The molecule has 0 unspecified atom stereocenters. The number of carbonyl (C=O) groups excluding carboxylic acids is 3. The summed E-state index contributed by atoms with van der Waals surface area (Å²) in [5.41, 5.74) is 3.14. The molecular formula is C30H20BrN3O3. The third kappa shape index (κ3) is 4.13. The minimum atomic E-state index is -0.771. The normalized spacial score (nSPS) is 15.1. The quantitative estimate of drug-likeness (QED) is 0.212. The number of carbonyl (C=O) groups is 3. The zero-order valence-electron chi connectivity index (χ0n) is 19.5. The third-order valence-electron chi connectivity index (χ3n) is 6.53. The number of aromatic nitrogens is 1. The van der Waals surface area contributed by atoms with Crippen LogP contribution in [0.25, 0.3) is 27.8 Å². The maximum absolute atomic E-state index is 13.4. The molecule has 180 valence electrons. The topological polar surface area (TPSA) is 71.4 Å². The largest absolute Gasteiger partial charge is 0.342 e. The van der Waals surface area contributed by atoms with Crippen molar-refractivity contribution in [3.05, 3.63) is 118 Å². The summed E-state index contributed by atoms with van der Waals surface area (Å²) in [7, 11) is 0. The first kappa shape index (κ1) is 22.9. The summed E-state index contributed by atoms with van der Waals surface area (Å²) in [4.78, 5) is 39.7. The lowest BCUT2D eigenvalue weighted by Gasteiger charge is -2.26. The van der Waals surface area contributed by atoms with Crippen LogP contribution < -0.4 is 10.2 Å². The number of anilines is 1. The summed E-state index contributed by atoms with van der Waals surface area (Å²) in [6.45, 7) is 0.620. The molecule has 6 nitrogen and oxygen atoms in total. The van der Waals surface area contributed by atoms with E-state index in [0.29, 0.717) is 12.2 Å². The van der Waals surface area contributed by atoms with E-state index in [1.807, 2.05) is 48.7 Å². The molecule has 1 fully saturated rings. The maximum Gasteiger partial charge on any atom is 0.335 e. The Morgan fingerprint density at radius 3 is 2.30 bits per heavy atom. The van der Waals surface area contributed by atoms with Crippen molar-refractivity contribution in [2.45, 2.75) is 6.54 Å². The van der Waals surface area contributed by atoms with Crippen molar-refractivity contribution in [1.82, 2.24) is 9.88 Å². The molecule has 2 heterocycles. The van der Waals surface area contributed by atoms with Crippen molar-refractivity contribution in [2.24, 2.45) is 0 Å². The van der Waals surface area contributed by atoms with Crippen LogP contribution >= 0.6 is 15.9 Å². The first-order chi connectivity index (χ1) is 18.0. The molecule has 6 rings (SSSR count). The summed E-state index contributed by atoms with van der Waals surface area (Å²) in [5.74, 6) is -1.38. The predicted molar refractivity (Wildman–Crippen MR) is 148 cm³/mol. The number of fused-ring (bicyclic) bond motifs is 2. The van der Waals surface area contributed by atoms with Crippen LogP contribution in [0, 0.1) is 0 Å². The van der Waals surface area contributed by atoms with Gasteiger partial charge in [0, 0.05) is 33.7 Å². The smallest absolute Gasteiger partial charge is 0.335 e. The Balaban J connectivity index is 1.43. The van der Waals surface area contributed by atoms with Crippen molar-refractivity contribution in [3.8, 4) is 0 Å². The summed E-state index contributed by atoms with van der Waals surface area (Å²) in [5, 5.41) is 5.55. The number of nitrogens with zero attached hydrogens (tertiary/aromatic N) is 2. The molecule has 1 aliphatic heterocycles. The molecule has 0 aliphatic carbocycles. The molecule has 1 aliphatic rings. The lowest BCUT2D eigenvalue weighted by atomic mass is 10.0. The van der Waals surface area contributed by atoms with Crippen molar-refractivity contribution in [1.29, 1.82) is 0 Å². The van der Waals surface area contributed by atoms with E-state index in [1.165, 1.54) is 10.8 Å². The van der Waals surface area contributed by atoms with Crippen LogP contribution in [0.5, 0.6) is 0 Å². The molecule has 5 aromatic rings. The Labute approximate surface area is 220 Å². The van der Waals surface area contributed by atoms with E-state index in [0.717, 1.165) is 31.4 Å². The highest BCUT2D eigenvalue weighted by atomic mass is 79.9. The maximum atomic E-state index is 13.4. The molecule has 0 atom stereocenters. The number of hydrogen-bond acceptors (Lipinski definition) is 3. The molecule has 0 bridgehead atoms. The highest BCUT2D eigenvalue weighted by Crippen LogP contribution is 2.29. The molecule has 1 aromatic heterocycles. The van der Waals surface area contributed by atoms with Gasteiger partial charge in [-0.1, -0.05) is 76.6 Å². The van der Waals surface area contributed by atoms with Gasteiger partial charge in [-0.3, -0.25) is 14.9 Å². The van der Waals surface area contributed by atoms with Crippen LogP contribution in [0.2, 0.25) is 0 Å². The van der Waals surface area contributed by atoms with Gasteiger partial charge < -0.3 is 4.57 Å². The van der Waals surface area contributed by atoms with E-state index < -0.39 is 17.8 Å². The van der Waals surface area contributed by atoms with Crippen LogP contribution in [0.1, 0.15) is 11.1 Å². The molecule has 7 heteroatoms. The average molecular weight is 550 g/mol. The van der Waals surface area contributed by atoms with E-state index in [4.69, 9.17) is 0 Å². The van der Waals surface area contributed by atoms with Gasteiger partial charge in [0.1, 0.15) is 5.57 Å². The van der Waals surface area contributed by atoms with Crippen LogP contribution in [0.4, 0.5) is 10.5 Å². The Kier molecular flexibility index (Phi) is 5.70. The summed E-state index contributed by atoms with van der Waals surface area (Å²) < 4.78 is 2.93. The second-order valence-electron chi connectivity index (χ2n) is 8.80. The highest BCUT2D eigenvalue weighted by molar-refractivity contribution is 9.10. The number of amides is 4. The number of para-hydroxylation sites is 1. The number of halogens is 1. The van der Waals surface area contributed by atoms with Crippen molar-refractivity contribution >= 4 is 67.2 Å². The molecule has 4 aromatic carbocycles. The van der Waals surface area contributed by atoms with Crippen LogP contribution in [0.3, 0.4) is 0 Å². The Morgan fingerprint density at radius 1 is 0.784 bits per heavy atom. The third-order valence-corrected chi connectivity index (χ3v) is 7.06. The Hall–Kier alpha value is -4.49. The van der Waals surface area contributed by atoms with Gasteiger partial charge in [-0.2, -0.15) is 0 Å². The van der Waals surface area contributed by atoms with Gasteiger partial charge in [0.15, 0.2) is 0 Å². The van der Waals surface area contributed by atoms with Gasteiger partial charge in [0.2, 0.25) is 0 Å². The van der Waals surface area contributed by atoms with Crippen molar-refractivity contribution in [2.75, 3.05) is 4.90 Å². The van der Waals surface area contributed by atoms with E-state index in [-0.39, 0.29) is 5.57 Å². The lowest BCUT2D eigenvalue weighted by Crippen LogP contribution is -2.54. The second kappa shape index (κ2) is 9.19. The van der Waals surface area contributed by atoms with Crippen LogP contribution in [-0.4, -0.2) is 22.4 Å². The molecular weight excluding hydrogens is 530 g/mol. The predicted octanol–water partition coefficient (Wildman–Crippen LogP) is 6.27. The van der Waals surface area contributed by atoms with Gasteiger partial charge in [-0.05, 0) is 52.7 Å². The highest BCUT2D eigenvalue weighted by Gasteiger charge is 2.37. The van der Waals surface area contributed by atoms with E-state index in [9.17, 15) is 14.4 Å². The molecule has 37 heavy (non-hydrogen) atoms. The van der Waals surface area contributed by atoms with Gasteiger partial charge in [0.25, 0.3) is 11.8 Å². The standard InChI is InChI=1S/C30H20BrN3O3/c31-22-12-14-23(15-13-22)34-29(36)26(28(35)32-30(34)37)16-21-18-33(27-11-4-3-10-25(21)27)17-20-8-5-7-19-6-1-2-9-24(19)20/h1-16,18H,17H2,(H,32,35,37). The molecule has 0 radical (unpaired) electrons. The van der Waals surface area contributed by atoms with E-state index in [1.54, 1.807) is 30.3 Å². The Bertz CT molecular complexity index is 1750. The summed E-state index contributed by atoms with van der Waals surface area (Å²) >= 11 is 3.36. The van der Waals surface area contributed by atoms with Crippen molar-refractivity contribution < 1.29 is 14.4 Å². The monoisotopic (exact) mass is 549 g/mol. The zero-order chi connectivity index (χ0) is 25.5. The van der Waals surface area contributed by atoms with E-state index >= 15 is 0 Å². The minimum Gasteiger partial charge on any atom is -0.342 e. The van der Waals surface area contributed by atoms with Gasteiger partial charge in [-0.15, -0.1) is 0 Å². The minimum absolute atomic E-state index is 0.101. The van der Waals surface area contributed by atoms with Gasteiger partial charge >= 0.3 is 6.03 Å². The number of imide groups is 2. The number of nitrogens with one attached hydrogen (secondary N) is 1. The second-order valence-corrected chi connectivity index (χ2v) is 9.72. The Morgan fingerprint density at radius 2 is 1.49 bits per heavy atom. The summed E-state index contributed by atoms with van der Waals surface area (Å²) in [6.07, 6.45) is 3.51. The van der Waals surface area contributed by atoms with Crippen LogP contribution in [0.15, 0.2) is 107 Å². The molecule has 1 saturated heterocycles. The average Bonchev–Trinajstić information content (AvgIpc) is 3.25. The lowest BCUT2D eigenvalue weighted by molar-refractivity contribution is -0.122. The van der Waals surface area contributed by atoms with Gasteiger partial charge in [0.05, 0.1) is 5.69 Å². The van der Waals surface area contributed by atoms with Gasteiger partial charge in [-0.25, -0.2) is 9.69 Å². The first-order valence-corrected chi connectivity index (χ1v) is 12.5. The van der Waals surface area contributed by atoms with Crippen LogP contribution in [-0.2, 0) is 16.1 Å². The van der Waals surface area contributed by atoms with E-state index in [2.05, 4.69) is 50.1 Å². The molecule has 0 saturated carbocycles. The number of urea groups is 1. The SMILES string of the molecule is O=C1NC(=O)N(c2ccc(Br)cc2)C(=O)C1=Cc1cn(Cc2cccc3ccccc23)c2ccccc12. The fraction of sp³-hybridized carbons (Fsp3) is 0.0333. The number of benzene rings is 4. The molecule has 0 spiro atoms. The fourth-order valence-electron chi connectivity index (χ4n) is 4.77. The number of rotatable bonds is 4. The molecule has 1 N–H and O–H groups in total. The number of barbiturate groups is 1. The molecule has 4 amide bonds. The fourth-order valence-corrected chi connectivity index (χ4v) is 5.04. The summed E-state index contributed by atoms with van der Waals surface area (Å²) in [6, 6.07) is 28.3. The van der Waals surface area contributed by atoms with Crippen molar-refractivity contribution in [3.63, 3.8) is 0 Å².